The highest BCUT2D eigenvalue weighted by Crippen LogP contribution is 2.38. The summed E-state index contributed by atoms with van der Waals surface area (Å²) in [5.74, 6) is 0.322. The van der Waals surface area contributed by atoms with Gasteiger partial charge in [0.15, 0.2) is 6.10 Å². The van der Waals surface area contributed by atoms with Crippen molar-refractivity contribution in [1.82, 2.24) is 9.36 Å². The van der Waals surface area contributed by atoms with Crippen LogP contribution < -0.4 is 15.6 Å². The number of para-hydroxylation sites is 2. The lowest BCUT2D eigenvalue weighted by Crippen LogP contribution is -2.35. The van der Waals surface area contributed by atoms with E-state index in [2.05, 4.69) is 5.32 Å². The lowest BCUT2D eigenvalue weighted by atomic mass is 9.97. The third-order valence-electron chi connectivity index (χ3n) is 5.18. The average molecular weight is 363 g/mol. The summed E-state index contributed by atoms with van der Waals surface area (Å²) in [6, 6.07) is 17.0. The zero-order valence-electron chi connectivity index (χ0n) is 15.5. The largest absolute Gasteiger partial charge is 0.480 e. The van der Waals surface area contributed by atoms with Crippen molar-refractivity contribution in [1.29, 1.82) is 0 Å². The van der Waals surface area contributed by atoms with Crippen molar-refractivity contribution >= 4 is 11.6 Å². The molecule has 2 aromatic carbocycles. The summed E-state index contributed by atoms with van der Waals surface area (Å²) in [5.41, 5.74) is 2.44. The van der Waals surface area contributed by atoms with Gasteiger partial charge in [-0.1, -0.05) is 43.3 Å². The van der Waals surface area contributed by atoms with Crippen molar-refractivity contribution in [2.45, 2.75) is 25.9 Å². The van der Waals surface area contributed by atoms with Crippen molar-refractivity contribution < 1.29 is 9.53 Å². The standard InChI is InChI=1S/C21H21N3O3/c1-13-16-11-7-8-12-17(16)27-19(13)20(25)22-18-14(2)23(3)24(21(18)26)15-9-5-4-6-10-15/h4-13,19H,1-3H3,(H,22,25)/t13-,19+/m0/s1. The molecule has 0 fully saturated rings. The van der Waals surface area contributed by atoms with Gasteiger partial charge in [-0.3, -0.25) is 14.3 Å². The second-order valence-electron chi connectivity index (χ2n) is 6.79. The van der Waals surface area contributed by atoms with E-state index in [-0.39, 0.29) is 23.1 Å². The molecule has 0 radical (unpaired) electrons. The molecule has 4 rings (SSSR count). The predicted molar refractivity (Wildman–Crippen MR) is 104 cm³/mol. The highest BCUT2D eigenvalue weighted by atomic mass is 16.5. The lowest BCUT2D eigenvalue weighted by Gasteiger charge is -2.14. The van der Waals surface area contributed by atoms with Crippen LogP contribution in [-0.4, -0.2) is 21.4 Å². The molecule has 0 aliphatic carbocycles. The van der Waals surface area contributed by atoms with E-state index in [1.165, 1.54) is 0 Å². The number of amides is 1. The van der Waals surface area contributed by atoms with E-state index in [1.807, 2.05) is 68.4 Å². The number of benzene rings is 2. The molecule has 2 atom stereocenters. The zero-order chi connectivity index (χ0) is 19.1. The summed E-state index contributed by atoms with van der Waals surface area (Å²) in [6.07, 6.45) is -0.661. The first-order valence-electron chi connectivity index (χ1n) is 8.89. The molecule has 3 aromatic rings. The molecule has 0 saturated heterocycles. The Labute approximate surface area is 157 Å². The summed E-state index contributed by atoms with van der Waals surface area (Å²) >= 11 is 0. The molecule has 1 aliphatic rings. The van der Waals surface area contributed by atoms with Crippen LogP contribution in [0.25, 0.3) is 5.69 Å². The minimum absolute atomic E-state index is 0.0819. The van der Waals surface area contributed by atoms with Gasteiger partial charge in [-0.25, -0.2) is 4.68 Å². The molecule has 27 heavy (non-hydrogen) atoms. The van der Waals surface area contributed by atoms with E-state index in [9.17, 15) is 9.59 Å². The first kappa shape index (κ1) is 17.1. The second kappa shape index (κ2) is 6.46. The Balaban J connectivity index is 1.65. The van der Waals surface area contributed by atoms with E-state index in [4.69, 9.17) is 4.74 Å². The molecular weight excluding hydrogens is 342 g/mol. The summed E-state index contributed by atoms with van der Waals surface area (Å²) < 4.78 is 9.10. The smallest absolute Gasteiger partial charge is 0.295 e. The minimum Gasteiger partial charge on any atom is -0.480 e. The Bertz CT molecular complexity index is 1070. The number of rotatable bonds is 3. The molecule has 0 saturated carbocycles. The second-order valence-corrected chi connectivity index (χ2v) is 6.79. The van der Waals surface area contributed by atoms with Gasteiger partial charge < -0.3 is 10.1 Å². The third-order valence-corrected chi connectivity index (χ3v) is 5.18. The summed E-state index contributed by atoms with van der Waals surface area (Å²) in [6.45, 7) is 3.76. The zero-order valence-corrected chi connectivity index (χ0v) is 15.5. The fraction of sp³-hybridized carbons (Fsp3) is 0.238. The topological polar surface area (TPSA) is 65.3 Å². The molecule has 1 amide bonds. The molecule has 6 heteroatoms. The first-order chi connectivity index (χ1) is 13.0. The maximum absolute atomic E-state index is 12.9. The van der Waals surface area contributed by atoms with Crippen LogP contribution in [0.4, 0.5) is 5.69 Å². The van der Waals surface area contributed by atoms with Crippen molar-refractivity contribution in [2.24, 2.45) is 7.05 Å². The van der Waals surface area contributed by atoms with Gasteiger partial charge in [-0.2, -0.15) is 0 Å². The van der Waals surface area contributed by atoms with E-state index >= 15 is 0 Å². The summed E-state index contributed by atoms with van der Waals surface area (Å²) in [4.78, 5) is 25.8. The molecular formula is C21H21N3O3. The van der Waals surface area contributed by atoms with Crippen LogP contribution in [0.3, 0.4) is 0 Å². The van der Waals surface area contributed by atoms with E-state index in [0.717, 1.165) is 17.0 Å². The van der Waals surface area contributed by atoms with Crippen molar-refractivity contribution in [3.63, 3.8) is 0 Å². The normalized spacial score (nSPS) is 18.0. The van der Waals surface area contributed by atoms with Gasteiger partial charge >= 0.3 is 0 Å². The third kappa shape index (κ3) is 2.73. The SMILES string of the molecule is Cc1c(NC(=O)[C@@H]2Oc3ccccc3[C@@H]2C)c(=O)n(-c2ccccc2)n1C. The van der Waals surface area contributed by atoms with Crippen LogP contribution in [0.5, 0.6) is 5.75 Å². The van der Waals surface area contributed by atoms with Crippen LogP contribution in [0.1, 0.15) is 24.1 Å². The van der Waals surface area contributed by atoms with Gasteiger partial charge in [-0.15, -0.1) is 0 Å². The van der Waals surface area contributed by atoms with Gasteiger partial charge in [0.2, 0.25) is 0 Å². The summed E-state index contributed by atoms with van der Waals surface area (Å²) in [5, 5.41) is 2.80. The Kier molecular flexibility index (Phi) is 4.11. The van der Waals surface area contributed by atoms with Crippen molar-refractivity contribution in [3.05, 3.63) is 76.2 Å². The number of ether oxygens (including phenoxy) is 1. The lowest BCUT2D eigenvalue weighted by molar-refractivity contribution is -0.122. The van der Waals surface area contributed by atoms with Crippen LogP contribution in [0.15, 0.2) is 59.4 Å². The van der Waals surface area contributed by atoms with E-state index in [1.54, 1.807) is 16.4 Å². The molecule has 0 spiro atoms. The first-order valence-corrected chi connectivity index (χ1v) is 8.89. The highest BCUT2D eigenvalue weighted by Gasteiger charge is 2.36. The Morgan fingerprint density at radius 3 is 2.44 bits per heavy atom. The number of carbonyl (C=O) groups excluding carboxylic acids is 1. The number of nitrogens with one attached hydrogen (secondary N) is 1. The van der Waals surface area contributed by atoms with Crippen molar-refractivity contribution in [3.8, 4) is 11.4 Å². The number of hydrogen-bond donors (Lipinski definition) is 1. The highest BCUT2D eigenvalue weighted by molar-refractivity contribution is 5.96. The maximum Gasteiger partial charge on any atom is 0.295 e. The molecule has 1 aromatic heterocycles. The molecule has 0 bridgehead atoms. The van der Waals surface area contributed by atoms with Crippen LogP contribution in [0, 0.1) is 6.92 Å². The molecule has 0 unspecified atom stereocenters. The molecule has 1 N–H and O–H groups in total. The van der Waals surface area contributed by atoms with Crippen LogP contribution in [0.2, 0.25) is 0 Å². The number of fused-ring (bicyclic) bond motifs is 1. The fourth-order valence-electron chi connectivity index (χ4n) is 3.55. The molecule has 2 heterocycles. The van der Waals surface area contributed by atoms with E-state index < -0.39 is 6.10 Å². The Hall–Kier alpha value is -3.28. The van der Waals surface area contributed by atoms with Gasteiger partial charge in [0, 0.05) is 18.5 Å². The van der Waals surface area contributed by atoms with Crippen molar-refractivity contribution in [2.75, 3.05) is 5.32 Å². The number of aromatic nitrogens is 2. The van der Waals surface area contributed by atoms with Gasteiger partial charge in [-0.05, 0) is 25.1 Å². The quantitative estimate of drug-likeness (QED) is 0.778. The Morgan fingerprint density at radius 1 is 1.07 bits per heavy atom. The summed E-state index contributed by atoms with van der Waals surface area (Å²) in [7, 11) is 1.80. The average Bonchev–Trinajstić information content (AvgIpc) is 3.12. The van der Waals surface area contributed by atoms with Crippen LogP contribution >= 0.6 is 0 Å². The van der Waals surface area contributed by atoms with Gasteiger partial charge in [0.1, 0.15) is 11.4 Å². The van der Waals surface area contributed by atoms with E-state index in [0.29, 0.717) is 5.69 Å². The number of carbonyl (C=O) groups is 1. The van der Waals surface area contributed by atoms with Crippen LogP contribution in [-0.2, 0) is 11.8 Å². The van der Waals surface area contributed by atoms with Gasteiger partial charge in [0.05, 0.1) is 11.4 Å². The molecule has 6 nitrogen and oxygen atoms in total. The Morgan fingerprint density at radius 2 is 1.74 bits per heavy atom. The van der Waals surface area contributed by atoms with Gasteiger partial charge in [0.25, 0.3) is 11.5 Å². The monoisotopic (exact) mass is 363 g/mol. The predicted octanol–water partition coefficient (Wildman–Crippen LogP) is 2.99. The fourth-order valence-corrected chi connectivity index (χ4v) is 3.55. The number of nitrogens with zero attached hydrogens (tertiary/aromatic N) is 2. The minimum atomic E-state index is -0.661. The number of hydrogen-bond acceptors (Lipinski definition) is 3. The molecule has 1 aliphatic heterocycles. The number of anilines is 1. The maximum atomic E-state index is 12.9. The molecule has 138 valence electrons.